The van der Waals surface area contributed by atoms with Gasteiger partial charge >= 0.3 is 0 Å². The van der Waals surface area contributed by atoms with E-state index in [0.717, 1.165) is 17.1 Å². The van der Waals surface area contributed by atoms with E-state index in [1.807, 2.05) is 25.1 Å². The minimum atomic E-state index is -0.293. The molecule has 0 bridgehead atoms. The molecule has 0 saturated heterocycles. The zero-order valence-corrected chi connectivity index (χ0v) is 13.1. The molecule has 0 saturated carbocycles. The first-order chi connectivity index (χ1) is 10.1. The molecule has 0 spiro atoms. The first-order valence-electron chi connectivity index (χ1n) is 6.82. The first-order valence-corrected chi connectivity index (χ1v) is 6.82. The second-order valence-corrected chi connectivity index (χ2v) is 4.61. The van der Waals surface area contributed by atoms with Gasteiger partial charge in [0.2, 0.25) is 5.91 Å². The largest absolute Gasteiger partial charge is 0.497 e. The van der Waals surface area contributed by atoms with Crippen molar-refractivity contribution in [1.82, 2.24) is 10.6 Å². The second kappa shape index (κ2) is 9.20. The maximum atomic E-state index is 11.8. The van der Waals surface area contributed by atoms with Crippen LogP contribution in [0.4, 0.5) is 0 Å². The molecule has 21 heavy (non-hydrogen) atoms. The van der Waals surface area contributed by atoms with Crippen LogP contribution in [-0.4, -0.2) is 46.4 Å². The Balaban J connectivity index is 2.52. The van der Waals surface area contributed by atoms with Crippen LogP contribution in [0, 0.1) is 0 Å². The molecular formula is C15H24N2O4. The summed E-state index contributed by atoms with van der Waals surface area (Å²) in [7, 11) is 4.82. The average Bonchev–Trinajstić information content (AvgIpc) is 2.52. The summed E-state index contributed by atoms with van der Waals surface area (Å²) >= 11 is 0. The molecule has 1 rings (SSSR count). The van der Waals surface area contributed by atoms with Gasteiger partial charge in [-0.25, -0.2) is 0 Å². The third kappa shape index (κ3) is 6.01. The number of hydrogen-bond acceptors (Lipinski definition) is 5. The van der Waals surface area contributed by atoms with Crippen LogP contribution in [0.15, 0.2) is 18.2 Å². The molecule has 6 nitrogen and oxygen atoms in total. The van der Waals surface area contributed by atoms with Crippen LogP contribution >= 0.6 is 0 Å². The van der Waals surface area contributed by atoms with Gasteiger partial charge in [0, 0.05) is 26.3 Å². The number of methoxy groups -OCH3 is 3. The monoisotopic (exact) mass is 296 g/mol. The lowest BCUT2D eigenvalue weighted by molar-refractivity contribution is -0.122. The van der Waals surface area contributed by atoms with Crippen molar-refractivity contribution in [1.29, 1.82) is 0 Å². The summed E-state index contributed by atoms with van der Waals surface area (Å²) in [4.78, 5) is 11.8. The molecule has 0 heterocycles. The topological polar surface area (TPSA) is 68.8 Å². The van der Waals surface area contributed by atoms with Gasteiger partial charge in [-0.1, -0.05) is 0 Å². The molecule has 118 valence electrons. The Morgan fingerprint density at radius 3 is 2.29 bits per heavy atom. The second-order valence-electron chi connectivity index (χ2n) is 4.61. The van der Waals surface area contributed by atoms with Crippen molar-refractivity contribution in [2.24, 2.45) is 0 Å². The van der Waals surface area contributed by atoms with E-state index in [2.05, 4.69) is 10.6 Å². The molecule has 0 aliphatic rings. The lowest BCUT2D eigenvalue weighted by Crippen LogP contribution is -2.42. The van der Waals surface area contributed by atoms with Crippen molar-refractivity contribution in [2.75, 3.05) is 34.5 Å². The number of carbonyl (C=O) groups is 1. The Morgan fingerprint density at radius 2 is 1.76 bits per heavy atom. The van der Waals surface area contributed by atoms with Crippen LogP contribution < -0.4 is 20.1 Å². The van der Waals surface area contributed by atoms with Crippen LogP contribution in [0.1, 0.15) is 12.5 Å². The van der Waals surface area contributed by atoms with Crippen molar-refractivity contribution in [2.45, 2.75) is 19.5 Å². The van der Waals surface area contributed by atoms with Crippen molar-refractivity contribution in [3.8, 4) is 11.5 Å². The zero-order chi connectivity index (χ0) is 15.7. The van der Waals surface area contributed by atoms with Gasteiger partial charge in [0.05, 0.1) is 26.9 Å². The Kier molecular flexibility index (Phi) is 7.56. The number of rotatable bonds is 9. The maximum absolute atomic E-state index is 11.8. The van der Waals surface area contributed by atoms with Gasteiger partial charge in [-0.2, -0.15) is 0 Å². The molecule has 0 aliphatic heterocycles. The fourth-order valence-electron chi connectivity index (χ4n) is 1.76. The van der Waals surface area contributed by atoms with E-state index in [4.69, 9.17) is 14.2 Å². The SMILES string of the molecule is COCCNC(=O)C(C)NCc1cc(OC)cc(OC)c1. The Hall–Kier alpha value is -1.79. The van der Waals surface area contributed by atoms with Gasteiger partial charge < -0.3 is 24.8 Å². The van der Waals surface area contributed by atoms with Crippen LogP contribution in [0.2, 0.25) is 0 Å². The highest BCUT2D eigenvalue weighted by atomic mass is 16.5. The number of nitrogens with one attached hydrogen (secondary N) is 2. The number of amides is 1. The third-order valence-corrected chi connectivity index (χ3v) is 3.02. The summed E-state index contributed by atoms with van der Waals surface area (Å²) in [6.45, 7) is 3.38. The van der Waals surface area contributed by atoms with E-state index in [1.54, 1.807) is 21.3 Å². The van der Waals surface area contributed by atoms with E-state index in [-0.39, 0.29) is 11.9 Å². The number of hydrogen-bond donors (Lipinski definition) is 2. The highest BCUT2D eigenvalue weighted by Crippen LogP contribution is 2.22. The first kappa shape index (κ1) is 17.3. The summed E-state index contributed by atoms with van der Waals surface area (Å²) < 4.78 is 15.3. The summed E-state index contributed by atoms with van der Waals surface area (Å²) in [5.41, 5.74) is 0.989. The molecule has 0 radical (unpaired) electrons. The van der Waals surface area contributed by atoms with E-state index in [9.17, 15) is 4.79 Å². The quantitative estimate of drug-likeness (QED) is 0.664. The normalized spacial score (nSPS) is 11.8. The molecule has 1 amide bonds. The van der Waals surface area contributed by atoms with E-state index in [1.165, 1.54) is 0 Å². The van der Waals surface area contributed by atoms with Gasteiger partial charge in [0.15, 0.2) is 0 Å². The van der Waals surface area contributed by atoms with Gasteiger partial charge in [-0.15, -0.1) is 0 Å². The summed E-state index contributed by atoms with van der Waals surface area (Å²) in [5, 5.41) is 5.95. The molecular weight excluding hydrogens is 272 g/mol. The van der Waals surface area contributed by atoms with Crippen molar-refractivity contribution in [3.63, 3.8) is 0 Å². The van der Waals surface area contributed by atoms with E-state index >= 15 is 0 Å². The molecule has 1 aromatic carbocycles. The Morgan fingerprint density at radius 1 is 1.14 bits per heavy atom. The molecule has 1 atom stereocenters. The molecule has 6 heteroatoms. The van der Waals surface area contributed by atoms with Crippen LogP contribution in [0.25, 0.3) is 0 Å². The molecule has 2 N–H and O–H groups in total. The number of ether oxygens (including phenoxy) is 3. The number of carbonyl (C=O) groups excluding carboxylic acids is 1. The van der Waals surface area contributed by atoms with Crippen LogP contribution in [0.5, 0.6) is 11.5 Å². The molecule has 1 aromatic rings. The predicted molar refractivity (Wildman–Crippen MR) is 80.7 cm³/mol. The van der Waals surface area contributed by atoms with Crippen molar-refractivity contribution < 1.29 is 19.0 Å². The van der Waals surface area contributed by atoms with Crippen molar-refractivity contribution >= 4 is 5.91 Å². The lowest BCUT2D eigenvalue weighted by Gasteiger charge is -2.15. The van der Waals surface area contributed by atoms with Crippen LogP contribution in [0.3, 0.4) is 0 Å². The Bertz CT molecular complexity index is 429. The molecule has 0 aliphatic carbocycles. The van der Waals surface area contributed by atoms with Gasteiger partial charge in [-0.05, 0) is 24.6 Å². The summed E-state index contributed by atoms with van der Waals surface area (Å²) in [6, 6.07) is 5.33. The van der Waals surface area contributed by atoms with Gasteiger partial charge in [-0.3, -0.25) is 4.79 Å². The molecule has 0 aromatic heterocycles. The Labute approximate surface area is 125 Å². The van der Waals surface area contributed by atoms with Gasteiger partial charge in [0.25, 0.3) is 0 Å². The standard InChI is InChI=1S/C15H24N2O4/c1-11(15(18)16-5-6-19-2)17-10-12-7-13(20-3)9-14(8-12)21-4/h7-9,11,17H,5-6,10H2,1-4H3,(H,16,18). The zero-order valence-electron chi connectivity index (χ0n) is 13.1. The summed E-state index contributed by atoms with van der Waals surface area (Å²) in [5.74, 6) is 1.40. The smallest absolute Gasteiger partial charge is 0.236 e. The predicted octanol–water partition coefficient (Wildman–Crippen LogP) is 0.945. The maximum Gasteiger partial charge on any atom is 0.236 e. The number of benzene rings is 1. The average molecular weight is 296 g/mol. The van der Waals surface area contributed by atoms with E-state index in [0.29, 0.717) is 19.7 Å². The fraction of sp³-hybridized carbons (Fsp3) is 0.533. The highest BCUT2D eigenvalue weighted by molar-refractivity contribution is 5.81. The lowest BCUT2D eigenvalue weighted by atomic mass is 10.2. The minimum absolute atomic E-state index is 0.0538. The van der Waals surface area contributed by atoms with Crippen LogP contribution in [-0.2, 0) is 16.1 Å². The minimum Gasteiger partial charge on any atom is -0.497 e. The summed E-state index contributed by atoms with van der Waals surface area (Å²) in [6.07, 6.45) is 0. The molecule has 1 unspecified atom stereocenters. The fourth-order valence-corrected chi connectivity index (χ4v) is 1.76. The molecule has 0 fully saturated rings. The van der Waals surface area contributed by atoms with E-state index < -0.39 is 0 Å². The highest BCUT2D eigenvalue weighted by Gasteiger charge is 2.11. The third-order valence-electron chi connectivity index (χ3n) is 3.02. The van der Waals surface area contributed by atoms with Crippen molar-refractivity contribution in [3.05, 3.63) is 23.8 Å². The van der Waals surface area contributed by atoms with Gasteiger partial charge in [0.1, 0.15) is 11.5 Å².